The van der Waals surface area contributed by atoms with Crippen LogP contribution in [0, 0.1) is 10.1 Å². The van der Waals surface area contributed by atoms with Crippen LogP contribution in [0.2, 0.25) is 10.0 Å². The van der Waals surface area contributed by atoms with E-state index in [0.717, 1.165) is 0 Å². The van der Waals surface area contributed by atoms with Crippen LogP contribution in [0.3, 0.4) is 0 Å². The quantitative estimate of drug-likeness (QED) is 0.389. The number of thiocarbonyl (C=S) groups is 1. The molecule has 1 fully saturated rings. The summed E-state index contributed by atoms with van der Waals surface area (Å²) < 4.78 is 5.37. The topological polar surface area (TPSA) is 88.0 Å². The lowest BCUT2D eigenvalue weighted by Gasteiger charge is -2.37. The summed E-state index contributed by atoms with van der Waals surface area (Å²) >= 11 is 17.8. The van der Waals surface area contributed by atoms with Gasteiger partial charge in [0.25, 0.3) is 11.6 Å². The van der Waals surface area contributed by atoms with E-state index >= 15 is 0 Å². The van der Waals surface area contributed by atoms with Gasteiger partial charge in [0.05, 0.1) is 21.6 Å². The third kappa shape index (κ3) is 5.36. The van der Waals surface area contributed by atoms with E-state index in [0.29, 0.717) is 59.8 Å². The van der Waals surface area contributed by atoms with Gasteiger partial charge in [-0.3, -0.25) is 20.2 Å². The van der Waals surface area contributed by atoms with Crippen molar-refractivity contribution < 1.29 is 14.5 Å². The molecular weight excluding hydrogens is 463 g/mol. The predicted octanol–water partition coefficient (Wildman–Crippen LogP) is 4.14. The molecule has 11 heteroatoms. The van der Waals surface area contributed by atoms with Gasteiger partial charge >= 0.3 is 0 Å². The molecule has 1 aliphatic rings. The third-order valence-corrected chi connectivity index (χ3v) is 5.72. The number of carbonyl (C=O) groups excluding carboxylic acids is 1. The second-order valence-electron chi connectivity index (χ2n) is 6.68. The molecule has 3 rings (SSSR count). The van der Waals surface area contributed by atoms with Gasteiger partial charge in [-0.2, -0.15) is 0 Å². The first-order chi connectivity index (χ1) is 14.8. The maximum absolute atomic E-state index is 12.5. The maximum Gasteiger partial charge on any atom is 0.294 e. The van der Waals surface area contributed by atoms with Crippen LogP contribution in [-0.4, -0.2) is 53.6 Å². The van der Waals surface area contributed by atoms with Gasteiger partial charge in [-0.05, 0) is 43.4 Å². The van der Waals surface area contributed by atoms with E-state index in [4.69, 9.17) is 40.2 Å². The Morgan fingerprint density at radius 3 is 2.52 bits per heavy atom. The minimum Gasteiger partial charge on any atom is -0.492 e. The standard InChI is InChI=1S/C20H20Cl2N4O4S/c1-2-30-17-7-6-13(12-15(17)22)19(27)23-20(31)25-10-8-24(9-11-25)18-14(21)4-3-5-16(18)26(28)29/h3-7,12H,2,8-11H2,1H3,(H,23,27,31). The third-order valence-electron chi connectivity index (χ3n) is 4.76. The van der Waals surface area contributed by atoms with Crippen molar-refractivity contribution in [1.29, 1.82) is 0 Å². The summed E-state index contributed by atoms with van der Waals surface area (Å²) in [5.74, 6) is 0.132. The van der Waals surface area contributed by atoms with Crippen LogP contribution < -0.4 is 15.0 Å². The summed E-state index contributed by atoms with van der Waals surface area (Å²) in [4.78, 5) is 27.1. The van der Waals surface area contributed by atoms with Crippen molar-refractivity contribution in [2.24, 2.45) is 0 Å². The minimum absolute atomic E-state index is 0.0378. The Morgan fingerprint density at radius 1 is 1.19 bits per heavy atom. The number of anilines is 1. The Labute approximate surface area is 194 Å². The van der Waals surface area contributed by atoms with Gasteiger partial charge in [0.15, 0.2) is 5.11 Å². The Balaban J connectivity index is 1.62. The Bertz CT molecular complexity index is 1010. The molecule has 0 aliphatic carbocycles. The number of nitrogens with one attached hydrogen (secondary N) is 1. The number of nitro benzene ring substituents is 1. The molecule has 0 aromatic heterocycles. The van der Waals surface area contributed by atoms with Crippen LogP contribution in [0.15, 0.2) is 36.4 Å². The van der Waals surface area contributed by atoms with Crippen molar-refractivity contribution >= 4 is 57.8 Å². The zero-order valence-electron chi connectivity index (χ0n) is 16.6. The molecule has 0 spiro atoms. The van der Waals surface area contributed by atoms with Crippen molar-refractivity contribution in [2.75, 3.05) is 37.7 Å². The van der Waals surface area contributed by atoms with Crippen LogP contribution in [0.5, 0.6) is 5.75 Å². The molecule has 1 aliphatic heterocycles. The van der Waals surface area contributed by atoms with E-state index in [1.165, 1.54) is 12.1 Å². The summed E-state index contributed by atoms with van der Waals surface area (Å²) in [6, 6.07) is 9.39. The number of hydrogen-bond donors (Lipinski definition) is 1. The van der Waals surface area contributed by atoms with Gasteiger partial charge in [-0.15, -0.1) is 0 Å². The Kier molecular flexibility index (Phi) is 7.53. The number of hydrogen-bond acceptors (Lipinski definition) is 6. The van der Waals surface area contributed by atoms with Crippen molar-refractivity contribution in [2.45, 2.75) is 6.92 Å². The molecule has 2 aromatic rings. The van der Waals surface area contributed by atoms with E-state index in [1.807, 2.05) is 16.7 Å². The average Bonchev–Trinajstić information content (AvgIpc) is 2.75. The highest BCUT2D eigenvalue weighted by Gasteiger charge is 2.27. The zero-order chi connectivity index (χ0) is 22.5. The normalized spacial score (nSPS) is 13.6. The van der Waals surface area contributed by atoms with Crippen LogP contribution in [0.1, 0.15) is 17.3 Å². The number of carbonyl (C=O) groups is 1. The van der Waals surface area contributed by atoms with E-state index < -0.39 is 4.92 Å². The average molecular weight is 483 g/mol. The van der Waals surface area contributed by atoms with E-state index in [-0.39, 0.29) is 16.7 Å². The minimum atomic E-state index is -0.444. The molecule has 0 radical (unpaired) electrons. The highest BCUT2D eigenvalue weighted by Crippen LogP contribution is 2.35. The number of para-hydroxylation sites is 1. The summed E-state index contributed by atoms with van der Waals surface area (Å²) in [7, 11) is 0. The molecule has 0 saturated carbocycles. The largest absolute Gasteiger partial charge is 0.492 e. The van der Waals surface area contributed by atoms with E-state index in [9.17, 15) is 14.9 Å². The van der Waals surface area contributed by atoms with Gasteiger partial charge < -0.3 is 14.5 Å². The Morgan fingerprint density at radius 2 is 1.90 bits per heavy atom. The number of ether oxygens (including phenoxy) is 1. The molecule has 164 valence electrons. The van der Waals surface area contributed by atoms with Gasteiger partial charge in [-0.25, -0.2) is 0 Å². The fourth-order valence-corrected chi connectivity index (χ4v) is 4.06. The molecule has 1 N–H and O–H groups in total. The van der Waals surface area contributed by atoms with E-state index in [2.05, 4.69) is 5.32 Å². The van der Waals surface area contributed by atoms with Crippen LogP contribution in [0.25, 0.3) is 0 Å². The number of rotatable bonds is 5. The van der Waals surface area contributed by atoms with Gasteiger partial charge in [-0.1, -0.05) is 29.3 Å². The molecule has 0 atom stereocenters. The van der Waals surface area contributed by atoms with Crippen molar-refractivity contribution in [3.05, 3.63) is 62.1 Å². The SMILES string of the molecule is CCOc1ccc(C(=O)NC(=S)N2CCN(c3c(Cl)cccc3[N+](=O)[O-])CC2)cc1Cl. The number of nitro groups is 1. The van der Waals surface area contributed by atoms with Crippen LogP contribution in [0.4, 0.5) is 11.4 Å². The second kappa shape index (κ2) is 10.1. The lowest BCUT2D eigenvalue weighted by Crippen LogP contribution is -2.52. The number of nitrogens with zero attached hydrogens (tertiary/aromatic N) is 3. The molecule has 1 amide bonds. The first-order valence-corrected chi connectivity index (χ1v) is 10.7. The monoisotopic (exact) mass is 482 g/mol. The molecule has 1 saturated heterocycles. The molecule has 1 heterocycles. The van der Waals surface area contributed by atoms with Gasteiger partial charge in [0.2, 0.25) is 0 Å². The van der Waals surface area contributed by atoms with Crippen LogP contribution >= 0.6 is 35.4 Å². The summed E-state index contributed by atoms with van der Waals surface area (Å²) in [6.45, 7) is 4.21. The summed E-state index contributed by atoms with van der Waals surface area (Å²) in [5.41, 5.74) is 0.720. The Hall–Kier alpha value is -2.62. The van der Waals surface area contributed by atoms with Crippen molar-refractivity contribution in [1.82, 2.24) is 10.2 Å². The van der Waals surface area contributed by atoms with Gasteiger partial charge in [0.1, 0.15) is 11.4 Å². The number of piperazine rings is 1. The lowest BCUT2D eigenvalue weighted by atomic mass is 10.2. The molecule has 2 aromatic carbocycles. The number of amides is 1. The highest BCUT2D eigenvalue weighted by atomic mass is 35.5. The first-order valence-electron chi connectivity index (χ1n) is 9.52. The molecule has 31 heavy (non-hydrogen) atoms. The predicted molar refractivity (Wildman–Crippen MR) is 125 cm³/mol. The molecule has 0 unspecified atom stereocenters. The van der Waals surface area contributed by atoms with Crippen molar-refractivity contribution in [3.8, 4) is 5.75 Å². The van der Waals surface area contributed by atoms with Crippen LogP contribution in [-0.2, 0) is 0 Å². The zero-order valence-corrected chi connectivity index (χ0v) is 19.0. The molecular formula is C20H20Cl2N4O4S. The number of halogens is 2. The summed E-state index contributed by atoms with van der Waals surface area (Å²) in [6.07, 6.45) is 0. The number of benzene rings is 2. The fraction of sp³-hybridized carbons (Fsp3) is 0.300. The highest BCUT2D eigenvalue weighted by molar-refractivity contribution is 7.80. The molecule has 0 bridgehead atoms. The molecule has 8 nitrogen and oxygen atoms in total. The van der Waals surface area contributed by atoms with E-state index in [1.54, 1.807) is 24.3 Å². The maximum atomic E-state index is 12.5. The first kappa shape index (κ1) is 23.1. The van der Waals surface area contributed by atoms with Crippen molar-refractivity contribution in [3.63, 3.8) is 0 Å². The summed E-state index contributed by atoms with van der Waals surface area (Å²) in [5, 5.41) is 15.0. The van der Waals surface area contributed by atoms with Gasteiger partial charge in [0, 0.05) is 37.8 Å². The lowest BCUT2D eigenvalue weighted by molar-refractivity contribution is -0.384. The smallest absolute Gasteiger partial charge is 0.294 e. The fourth-order valence-electron chi connectivity index (χ4n) is 3.26. The second-order valence-corrected chi connectivity index (χ2v) is 7.88.